The minimum absolute atomic E-state index is 0.129. The normalized spacial score (nSPS) is 17.5. The lowest BCUT2D eigenvalue weighted by atomic mass is 9.99. The van der Waals surface area contributed by atoms with Gasteiger partial charge in [-0.15, -0.1) is 0 Å². The molecule has 1 N–H and O–H groups in total. The predicted molar refractivity (Wildman–Crippen MR) is 127 cm³/mol. The number of methoxy groups -OCH3 is 1. The number of carbonyl (C=O) groups is 1. The number of nitrogens with zero attached hydrogens (tertiary/aromatic N) is 2. The number of hydrogen-bond acceptors (Lipinski definition) is 5. The van der Waals surface area contributed by atoms with Crippen LogP contribution in [0.4, 0.5) is 5.69 Å². The van der Waals surface area contributed by atoms with Crippen LogP contribution in [-0.2, 0) is 14.8 Å². The number of ether oxygens (including phenoxy) is 1. The van der Waals surface area contributed by atoms with Crippen molar-refractivity contribution in [1.29, 1.82) is 0 Å². The van der Waals surface area contributed by atoms with E-state index in [0.717, 1.165) is 12.0 Å². The number of benzene rings is 2. The first kappa shape index (κ1) is 24.2. The van der Waals surface area contributed by atoms with Crippen LogP contribution < -0.4 is 10.1 Å². The second-order valence-corrected chi connectivity index (χ2v) is 10.2. The molecule has 0 unspecified atom stereocenters. The molecule has 0 radical (unpaired) electrons. The molecule has 0 aromatic heterocycles. The number of hydrogen-bond donors (Lipinski definition) is 1. The van der Waals surface area contributed by atoms with Crippen LogP contribution in [0.3, 0.4) is 0 Å². The van der Waals surface area contributed by atoms with Crippen molar-refractivity contribution in [2.75, 3.05) is 38.6 Å². The van der Waals surface area contributed by atoms with E-state index in [0.29, 0.717) is 48.4 Å². The van der Waals surface area contributed by atoms with Crippen LogP contribution in [0, 0.1) is 0 Å². The second kappa shape index (κ2) is 10.5. The first-order valence-electron chi connectivity index (χ1n) is 11.0. The highest BCUT2D eigenvalue weighted by atomic mass is 32.2. The molecule has 0 bridgehead atoms. The van der Waals surface area contributed by atoms with Gasteiger partial charge in [-0.2, -0.15) is 4.31 Å². The van der Waals surface area contributed by atoms with Crippen LogP contribution in [-0.4, -0.2) is 62.9 Å². The molecular formula is C24H33N3O4S. The minimum Gasteiger partial charge on any atom is -0.497 e. The van der Waals surface area contributed by atoms with Gasteiger partial charge >= 0.3 is 0 Å². The molecule has 1 heterocycles. The van der Waals surface area contributed by atoms with E-state index in [1.54, 1.807) is 25.3 Å². The fourth-order valence-corrected chi connectivity index (χ4v) is 5.22. The largest absolute Gasteiger partial charge is 0.497 e. The van der Waals surface area contributed by atoms with Crippen molar-refractivity contribution in [2.24, 2.45) is 0 Å². The lowest BCUT2D eigenvalue weighted by molar-refractivity contribution is -0.121. The van der Waals surface area contributed by atoms with Gasteiger partial charge in [0.05, 0.1) is 18.0 Å². The van der Waals surface area contributed by atoms with Gasteiger partial charge in [0, 0.05) is 37.9 Å². The molecular weight excluding hydrogens is 426 g/mol. The Bertz CT molecular complexity index is 1020. The Morgan fingerprint density at radius 1 is 1.06 bits per heavy atom. The third kappa shape index (κ3) is 5.49. The summed E-state index contributed by atoms with van der Waals surface area (Å²) < 4.78 is 32.8. The molecule has 2 aromatic rings. The average molecular weight is 460 g/mol. The van der Waals surface area contributed by atoms with Gasteiger partial charge in [-0.3, -0.25) is 9.69 Å². The highest BCUT2D eigenvalue weighted by molar-refractivity contribution is 7.89. The maximum atomic E-state index is 13.1. The summed E-state index contributed by atoms with van der Waals surface area (Å²) in [4.78, 5) is 15.0. The van der Waals surface area contributed by atoms with Crippen LogP contribution in [0.2, 0.25) is 0 Å². The Morgan fingerprint density at radius 3 is 2.31 bits per heavy atom. The van der Waals surface area contributed by atoms with Crippen molar-refractivity contribution in [3.63, 3.8) is 0 Å². The fourth-order valence-electron chi connectivity index (χ4n) is 3.80. The van der Waals surface area contributed by atoms with Gasteiger partial charge in [-0.1, -0.05) is 32.0 Å². The number of rotatable bonds is 8. The van der Waals surface area contributed by atoms with Gasteiger partial charge in [0.1, 0.15) is 5.75 Å². The molecule has 0 saturated carbocycles. The van der Waals surface area contributed by atoms with Crippen molar-refractivity contribution < 1.29 is 17.9 Å². The summed E-state index contributed by atoms with van der Waals surface area (Å²) in [5.41, 5.74) is 1.82. The zero-order chi connectivity index (χ0) is 23.3. The molecule has 32 heavy (non-hydrogen) atoms. The third-order valence-electron chi connectivity index (χ3n) is 6.24. The van der Waals surface area contributed by atoms with Crippen molar-refractivity contribution in [1.82, 2.24) is 9.21 Å². The summed E-state index contributed by atoms with van der Waals surface area (Å²) in [6.45, 7) is 7.79. The topological polar surface area (TPSA) is 79.0 Å². The van der Waals surface area contributed by atoms with Gasteiger partial charge in [0.15, 0.2) is 0 Å². The molecule has 0 spiro atoms. The van der Waals surface area contributed by atoms with Gasteiger partial charge in [-0.25, -0.2) is 8.42 Å². The molecule has 1 saturated heterocycles. The molecule has 0 aliphatic carbocycles. The van der Waals surface area contributed by atoms with E-state index in [-0.39, 0.29) is 11.9 Å². The van der Waals surface area contributed by atoms with E-state index in [1.807, 2.05) is 42.2 Å². The quantitative estimate of drug-likeness (QED) is 0.653. The molecule has 3 rings (SSSR count). The third-order valence-corrected chi connectivity index (χ3v) is 8.15. The summed E-state index contributed by atoms with van der Waals surface area (Å²) in [6.07, 6.45) is 1.01. The highest BCUT2D eigenvalue weighted by Crippen LogP contribution is 2.23. The Kier molecular flexibility index (Phi) is 7.92. The maximum Gasteiger partial charge on any atom is 0.243 e. The monoisotopic (exact) mass is 459 g/mol. The van der Waals surface area contributed by atoms with Crippen LogP contribution in [0.1, 0.15) is 38.7 Å². The molecule has 1 amide bonds. The van der Waals surface area contributed by atoms with E-state index in [1.165, 1.54) is 4.31 Å². The summed E-state index contributed by atoms with van der Waals surface area (Å²) in [6, 6.07) is 14.0. The predicted octanol–water partition coefficient (Wildman–Crippen LogP) is 3.54. The molecule has 1 fully saturated rings. The number of sulfonamides is 1. The van der Waals surface area contributed by atoms with Crippen molar-refractivity contribution in [3.8, 4) is 5.75 Å². The first-order valence-corrected chi connectivity index (χ1v) is 12.5. The molecule has 8 heteroatoms. The van der Waals surface area contributed by atoms with E-state index in [2.05, 4.69) is 19.2 Å². The number of piperazine rings is 1. The van der Waals surface area contributed by atoms with Crippen LogP contribution in [0.25, 0.3) is 0 Å². The number of anilines is 1. The second-order valence-electron chi connectivity index (χ2n) is 8.22. The van der Waals surface area contributed by atoms with Crippen LogP contribution in [0.5, 0.6) is 5.75 Å². The van der Waals surface area contributed by atoms with Gasteiger partial charge in [0.25, 0.3) is 0 Å². The van der Waals surface area contributed by atoms with Crippen molar-refractivity contribution in [2.45, 2.75) is 44.0 Å². The minimum atomic E-state index is -3.54. The van der Waals surface area contributed by atoms with E-state index >= 15 is 0 Å². The molecule has 2 atom stereocenters. The lowest BCUT2D eigenvalue weighted by Gasteiger charge is -2.36. The van der Waals surface area contributed by atoms with E-state index < -0.39 is 10.0 Å². The number of carbonyl (C=O) groups excluding carboxylic acids is 1. The van der Waals surface area contributed by atoms with Crippen LogP contribution >= 0.6 is 0 Å². The summed E-state index contributed by atoms with van der Waals surface area (Å²) >= 11 is 0. The molecule has 174 valence electrons. The summed E-state index contributed by atoms with van der Waals surface area (Å²) in [7, 11) is -1.96. The fraction of sp³-hybridized carbons (Fsp3) is 0.458. The number of nitrogens with one attached hydrogen (secondary N) is 1. The standard InChI is InChI=1S/C24H33N3O4S/c1-5-18(2)20-9-11-23(12-10-20)32(29,30)27-15-13-26(14-16-27)19(3)24(28)25-21-7-6-8-22(17-21)31-4/h6-12,17-19H,5,13-16H2,1-4H3,(H,25,28)/t18-,19-/m0/s1. The molecule has 2 aromatic carbocycles. The Balaban J connectivity index is 1.59. The SMILES string of the molecule is CC[C@H](C)c1ccc(S(=O)(=O)N2CCN([C@@H](C)C(=O)Nc3cccc(OC)c3)CC2)cc1. The average Bonchev–Trinajstić information content (AvgIpc) is 2.83. The summed E-state index contributed by atoms with van der Waals surface area (Å²) in [5.74, 6) is 0.946. The Hall–Kier alpha value is -2.42. The van der Waals surface area contributed by atoms with Crippen LogP contribution in [0.15, 0.2) is 53.4 Å². The van der Waals surface area contributed by atoms with Gasteiger partial charge < -0.3 is 10.1 Å². The zero-order valence-corrected chi connectivity index (χ0v) is 20.1. The van der Waals surface area contributed by atoms with E-state index in [4.69, 9.17) is 4.74 Å². The zero-order valence-electron chi connectivity index (χ0n) is 19.2. The maximum absolute atomic E-state index is 13.1. The van der Waals surface area contributed by atoms with E-state index in [9.17, 15) is 13.2 Å². The summed E-state index contributed by atoms with van der Waals surface area (Å²) in [5, 5.41) is 2.91. The molecule has 7 nitrogen and oxygen atoms in total. The first-order chi connectivity index (χ1) is 15.3. The van der Waals surface area contributed by atoms with Crippen molar-refractivity contribution in [3.05, 3.63) is 54.1 Å². The van der Waals surface area contributed by atoms with Gasteiger partial charge in [0.2, 0.25) is 15.9 Å². The highest BCUT2D eigenvalue weighted by Gasteiger charge is 2.31. The van der Waals surface area contributed by atoms with Crippen molar-refractivity contribution >= 4 is 21.6 Å². The molecule has 1 aliphatic heterocycles. The smallest absolute Gasteiger partial charge is 0.243 e. The lowest BCUT2D eigenvalue weighted by Crippen LogP contribution is -2.53. The Morgan fingerprint density at radius 2 is 1.72 bits per heavy atom. The number of amides is 1. The Labute approximate surface area is 191 Å². The molecule has 1 aliphatic rings. The van der Waals surface area contributed by atoms with Gasteiger partial charge in [-0.05, 0) is 49.1 Å².